The maximum absolute atomic E-state index is 12.2. The van der Waals surface area contributed by atoms with Gasteiger partial charge in [0.05, 0.1) is 12.4 Å². The smallest absolute Gasteiger partial charge is 0.388 e. The Morgan fingerprint density at radius 2 is 2.19 bits per heavy atom. The fourth-order valence-electron chi connectivity index (χ4n) is 3.45. The van der Waals surface area contributed by atoms with E-state index < -0.39 is 6.61 Å². The number of ether oxygens (including phenoxy) is 2. The van der Waals surface area contributed by atoms with E-state index in [1.54, 1.807) is 6.20 Å². The molecule has 2 fully saturated rings. The van der Waals surface area contributed by atoms with Crippen molar-refractivity contribution in [2.75, 3.05) is 25.5 Å². The standard InChI is InChI=1S/C16H20F2N6O2/c1-24-5-2-10(16(9-24)3-4-16)25-14-8-19-7-12(21-14)20-11-6-13(23-22-11)26-15(17)18/h6-8,10,15H,2-5,9H2,1H3,(H2,20,21,22,23)/t10-/m1/s1. The lowest BCUT2D eigenvalue weighted by Crippen LogP contribution is -2.45. The summed E-state index contributed by atoms with van der Waals surface area (Å²) >= 11 is 0. The predicted octanol–water partition coefficient (Wildman–Crippen LogP) is 2.41. The molecule has 10 heteroatoms. The Bertz CT molecular complexity index is 767. The lowest BCUT2D eigenvalue weighted by atomic mass is 9.92. The second-order valence-electron chi connectivity index (χ2n) is 6.86. The predicted molar refractivity (Wildman–Crippen MR) is 88.7 cm³/mol. The van der Waals surface area contributed by atoms with Gasteiger partial charge in [0.25, 0.3) is 0 Å². The van der Waals surface area contributed by atoms with Gasteiger partial charge in [-0.2, -0.15) is 13.8 Å². The largest absolute Gasteiger partial charge is 0.473 e. The number of aromatic amines is 1. The average Bonchev–Trinajstić information content (AvgIpc) is 3.21. The van der Waals surface area contributed by atoms with E-state index in [-0.39, 0.29) is 17.4 Å². The first-order valence-corrected chi connectivity index (χ1v) is 8.47. The fraction of sp³-hybridized carbons (Fsp3) is 0.562. The van der Waals surface area contributed by atoms with Crippen LogP contribution in [-0.4, -0.2) is 57.9 Å². The fourth-order valence-corrected chi connectivity index (χ4v) is 3.45. The van der Waals surface area contributed by atoms with Crippen molar-refractivity contribution in [1.29, 1.82) is 0 Å². The number of aromatic nitrogens is 4. The third-order valence-electron chi connectivity index (χ3n) is 4.84. The zero-order valence-corrected chi connectivity index (χ0v) is 14.3. The van der Waals surface area contributed by atoms with Crippen molar-refractivity contribution in [2.24, 2.45) is 5.41 Å². The molecule has 2 aliphatic rings. The monoisotopic (exact) mass is 366 g/mol. The molecule has 0 aromatic carbocycles. The zero-order valence-electron chi connectivity index (χ0n) is 14.3. The van der Waals surface area contributed by atoms with Crippen LogP contribution in [0.25, 0.3) is 0 Å². The van der Waals surface area contributed by atoms with Gasteiger partial charge in [-0.3, -0.25) is 10.1 Å². The number of piperidine rings is 1. The van der Waals surface area contributed by atoms with Crippen molar-refractivity contribution in [2.45, 2.75) is 32.0 Å². The van der Waals surface area contributed by atoms with E-state index in [9.17, 15) is 8.78 Å². The number of nitrogens with one attached hydrogen (secondary N) is 2. The molecular weight excluding hydrogens is 346 g/mol. The van der Waals surface area contributed by atoms with Crippen LogP contribution in [0.4, 0.5) is 20.4 Å². The SMILES string of the molecule is CN1CC[C@@H](Oc2cncc(Nc3cc(OC(F)F)n[nH]3)n2)C2(CC2)C1. The summed E-state index contributed by atoms with van der Waals surface area (Å²) in [6, 6.07) is 1.32. The molecule has 1 aliphatic carbocycles. The van der Waals surface area contributed by atoms with E-state index in [2.05, 4.69) is 42.2 Å². The molecule has 4 rings (SSSR count). The number of anilines is 2. The van der Waals surface area contributed by atoms with Crippen LogP contribution in [-0.2, 0) is 0 Å². The number of rotatable bonds is 6. The molecule has 2 aromatic heterocycles. The topological polar surface area (TPSA) is 88.2 Å². The van der Waals surface area contributed by atoms with Crippen molar-refractivity contribution in [3.05, 3.63) is 18.5 Å². The first kappa shape index (κ1) is 17.0. The van der Waals surface area contributed by atoms with Gasteiger partial charge in [0, 0.05) is 24.6 Å². The molecule has 1 spiro atoms. The van der Waals surface area contributed by atoms with E-state index in [0.29, 0.717) is 17.5 Å². The third kappa shape index (κ3) is 3.69. The van der Waals surface area contributed by atoms with Crippen molar-refractivity contribution in [1.82, 2.24) is 25.1 Å². The lowest BCUT2D eigenvalue weighted by Gasteiger charge is -2.36. The minimum absolute atomic E-state index is 0.140. The molecular formula is C16H20F2N6O2. The number of alkyl halides is 2. The minimum atomic E-state index is -2.92. The molecule has 1 saturated carbocycles. The molecule has 140 valence electrons. The summed E-state index contributed by atoms with van der Waals surface area (Å²) < 4.78 is 34.7. The van der Waals surface area contributed by atoms with Crippen molar-refractivity contribution in [3.8, 4) is 11.8 Å². The van der Waals surface area contributed by atoms with Crippen LogP contribution in [0.15, 0.2) is 18.5 Å². The van der Waals surface area contributed by atoms with Crippen LogP contribution < -0.4 is 14.8 Å². The number of H-pyrrole nitrogens is 1. The molecule has 0 unspecified atom stereocenters. The lowest BCUT2D eigenvalue weighted by molar-refractivity contribution is -0.0528. The molecule has 3 heterocycles. The van der Waals surface area contributed by atoms with Crippen molar-refractivity contribution in [3.63, 3.8) is 0 Å². The van der Waals surface area contributed by atoms with E-state index in [0.717, 1.165) is 19.5 Å². The summed E-state index contributed by atoms with van der Waals surface area (Å²) in [6.45, 7) is -0.880. The molecule has 2 aromatic rings. The summed E-state index contributed by atoms with van der Waals surface area (Å²) in [5, 5.41) is 9.10. The van der Waals surface area contributed by atoms with Gasteiger partial charge in [-0.15, -0.1) is 5.10 Å². The van der Waals surface area contributed by atoms with Crippen molar-refractivity contribution < 1.29 is 18.3 Å². The first-order chi connectivity index (χ1) is 12.5. The summed E-state index contributed by atoms with van der Waals surface area (Å²) in [4.78, 5) is 10.9. The molecule has 1 saturated heterocycles. The molecule has 1 aliphatic heterocycles. The normalized spacial score (nSPS) is 21.8. The minimum Gasteiger partial charge on any atom is -0.473 e. The van der Waals surface area contributed by atoms with Crippen LogP contribution in [0, 0.1) is 5.41 Å². The van der Waals surface area contributed by atoms with Gasteiger partial charge in [-0.1, -0.05) is 0 Å². The summed E-state index contributed by atoms with van der Waals surface area (Å²) in [7, 11) is 2.14. The van der Waals surface area contributed by atoms with Gasteiger partial charge in [0.1, 0.15) is 11.9 Å². The highest BCUT2D eigenvalue weighted by molar-refractivity contribution is 5.52. The highest BCUT2D eigenvalue weighted by Gasteiger charge is 2.53. The Morgan fingerprint density at radius 3 is 2.96 bits per heavy atom. The van der Waals surface area contributed by atoms with E-state index in [4.69, 9.17) is 4.74 Å². The maximum atomic E-state index is 12.2. The maximum Gasteiger partial charge on any atom is 0.388 e. The highest BCUT2D eigenvalue weighted by Crippen LogP contribution is 2.53. The Labute approximate surface area is 148 Å². The molecule has 0 radical (unpaired) electrons. The summed E-state index contributed by atoms with van der Waals surface area (Å²) in [6.07, 6.45) is 6.55. The van der Waals surface area contributed by atoms with Gasteiger partial charge < -0.3 is 19.7 Å². The van der Waals surface area contributed by atoms with Gasteiger partial charge >= 0.3 is 6.61 Å². The van der Waals surface area contributed by atoms with E-state index >= 15 is 0 Å². The number of likely N-dealkylation sites (tertiary alicyclic amines) is 1. The first-order valence-electron chi connectivity index (χ1n) is 8.47. The Morgan fingerprint density at radius 1 is 1.35 bits per heavy atom. The molecule has 1 atom stereocenters. The Hall–Kier alpha value is -2.49. The van der Waals surface area contributed by atoms with Crippen LogP contribution in [0.1, 0.15) is 19.3 Å². The molecule has 26 heavy (non-hydrogen) atoms. The quantitative estimate of drug-likeness (QED) is 0.812. The van der Waals surface area contributed by atoms with E-state index in [1.807, 2.05) is 0 Å². The molecule has 0 bridgehead atoms. The number of halogens is 2. The summed E-state index contributed by atoms with van der Waals surface area (Å²) in [5.41, 5.74) is 0.239. The van der Waals surface area contributed by atoms with Gasteiger partial charge in [-0.25, -0.2) is 0 Å². The number of hydrogen-bond acceptors (Lipinski definition) is 7. The molecule has 2 N–H and O–H groups in total. The second kappa shape index (κ2) is 6.67. The third-order valence-corrected chi connectivity index (χ3v) is 4.84. The average molecular weight is 366 g/mol. The molecule has 8 nitrogen and oxygen atoms in total. The Balaban J connectivity index is 1.41. The van der Waals surface area contributed by atoms with Gasteiger partial charge in [-0.05, 0) is 26.3 Å². The number of nitrogens with zero attached hydrogens (tertiary/aromatic N) is 4. The van der Waals surface area contributed by atoms with Gasteiger partial charge in [0.2, 0.25) is 11.8 Å². The van der Waals surface area contributed by atoms with Crippen LogP contribution >= 0.6 is 0 Å². The zero-order chi connectivity index (χ0) is 18.1. The summed E-state index contributed by atoms with van der Waals surface area (Å²) in [5.74, 6) is 1.03. The van der Waals surface area contributed by atoms with Crippen molar-refractivity contribution >= 4 is 11.6 Å². The van der Waals surface area contributed by atoms with E-state index in [1.165, 1.54) is 25.1 Å². The Kier molecular flexibility index (Phi) is 4.35. The number of hydrogen-bond donors (Lipinski definition) is 2. The van der Waals surface area contributed by atoms with Crippen LogP contribution in [0.5, 0.6) is 11.8 Å². The van der Waals surface area contributed by atoms with Crippen LogP contribution in [0.3, 0.4) is 0 Å². The van der Waals surface area contributed by atoms with Crippen LogP contribution in [0.2, 0.25) is 0 Å². The second-order valence-corrected chi connectivity index (χ2v) is 6.86. The van der Waals surface area contributed by atoms with Gasteiger partial charge in [0.15, 0.2) is 5.82 Å². The highest BCUT2D eigenvalue weighted by atomic mass is 19.3. The molecule has 0 amide bonds.